The fourth-order valence-corrected chi connectivity index (χ4v) is 5.84. The Bertz CT molecular complexity index is 1290. The molecule has 1 N–H and O–H groups in total. The molecule has 1 aliphatic heterocycles. The number of methoxy groups -OCH3 is 2. The molecule has 2 aliphatic rings. The second-order valence-electron chi connectivity index (χ2n) is 8.98. The van der Waals surface area contributed by atoms with Crippen molar-refractivity contribution in [2.24, 2.45) is 5.92 Å². The van der Waals surface area contributed by atoms with Crippen molar-refractivity contribution in [1.82, 2.24) is 0 Å². The number of esters is 1. The molecule has 0 fully saturated rings. The van der Waals surface area contributed by atoms with Crippen LogP contribution in [0.1, 0.15) is 51.0 Å². The number of hydrogen-bond acceptors (Lipinski definition) is 5. The van der Waals surface area contributed by atoms with Crippen LogP contribution in [0.2, 0.25) is 0 Å². The van der Waals surface area contributed by atoms with Gasteiger partial charge in [0.1, 0.15) is 6.61 Å². The minimum absolute atomic E-state index is 0.0440. The summed E-state index contributed by atoms with van der Waals surface area (Å²) in [5.41, 5.74) is 5.92. The molecule has 0 spiro atoms. The second kappa shape index (κ2) is 9.78. The molecule has 5 nitrogen and oxygen atoms in total. The summed E-state index contributed by atoms with van der Waals surface area (Å²) in [4.78, 5) is 12.3. The number of ether oxygens (including phenoxy) is 3. The van der Waals surface area contributed by atoms with Gasteiger partial charge in [-0.2, -0.15) is 0 Å². The zero-order valence-electron chi connectivity index (χ0n) is 20.0. The summed E-state index contributed by atoms with van der Waals surface area (Å²) in [5.74, 6) is 1.68. The number of rotatable bonds is 6. The van der Waals surface area contributed by atoms with Gasteiger partial charge in [-0.3, -0.25) is 0 Å². The van der Waals surface area contributed by atoms with E-state index < -0.39 is 0 Å². The third-order valence-electron chi connectivity index (χ3n) is 7.04. The van der Waals surface area contributed by atoms with Crippen LogP contribution >= 0.6 is 15.9 Å². The summed E-state index contributed by atoms with van der Waals surface area (Å²) in [5, 5.41) is 3.76. The highest BCUT2D eigenvalue weighted by Gasteiger charge is 2.39. The summed E-state index contributed by atoms with van der Waals surface area (Å²) >= 11 is 3.73. The number of fused-ring (bicyclic) bond motifs is 3. The van der Waals surface area contributed by atoms with Crippen LogP contribution in [-0.4, -0.2) is 20.2 Å². The fourth-order valence-electron chi connectivity index (χ4n) is 5.26. The Morgan fingerprint density at radius 3 is 2.66 bits per heavy atom. The molecule has 0 aromatic heterocycles. The number of hydrogen-bond donors (Lipinski definition) is 1. The number of allylic oxidation sites excluding steroid dienone is 2. The van der Waals surface area contributed by atoms with Crippen LogP contribution < -0.4 is 14.8 Å². The maximum absolute atomic E-state index is 12.3. The van der Waals surface area contributed by atoms with E-state index >= 15 is 0 Å². The lowest BCUT2D eigenvalue weighted by Gasteiger charge is -2.39. The average Bonchev–Trinajstić information content (AvgIpc) is 3.38. The first kappa shape index (κ1) is 23.5. The molecule has 0 saturated carbocycles. The molecular formula is C29H28BrNO4. The van der Waals surface area contributed by atoms with Crippen molar-refractivity contribution >= 4 is 27.6 Å². The lowest BCUT2D eigenvalue weighted by atomic mass is 9.76. The standard InChI is InChI=1S/C29H28BrNO4/c1-17-20(29(32)34-3)12-13-23-21-10-7-11-22(21)27(31-26(17)23)19-14-24(30)28(25(15-19)33-2)35-16-18-8-5-4-6-9-18/h4-10,12-15,21-22,27,31H,11,16H2,1-3H3/t21-,22+,27+/m0/s1. The van der Waals surface area contributed by atoms with Gasteiger partial charge in [0.05, 0.1) is 30.3 Å². The first-order valence-corrected chi connectivity index (χ1v) is 12.5. The maximum Gasteiger partial charge on any atom is 0.338 e. The predicted molar refractivity (Wildman–Crippen MR) is 140 cm³/mol. The van der Waals surface area contributed by atoms with Crippen LogP contribution in [0.25, 0.3) is 0 Å². The molecule has 1 heterocycles. The van der Waals surface area contributed by atoms with Crippen molar-refractivity contribution in [3.8, 4) is 11.5 Å². The number of nitrogens with one attached hydrogen (secondary N) is 1. The molecule has 6 heteroatoms. The highest BCUT2D eigenvalue weighted by atomic mass is 79.9. The molecule has 0 radical (unpaired) electrons. The first-order valence-electron chi connectivity index (χ1n) is 11.7. The highest BCUT2D eigenvalue weighted by Crippen LogP contribution is 2.52. The lowest BCUT2D eigenvalue weighted by molar-refractivity contribution is 0.0600. The van der Waals surface area contributed by atoms with E-state index in [9.17, 15) is 4.79 Å². The van der Waals surface area contributed by atoms with E-state index in [1.54, 1.807) is 7.11 Å². The van der Waals surface area contributed by atoms with Gasteiger partial charge in [0.25, 0.3) is 0 Å². The Morgan fingerprint density at radius 2 is 1.91 bits per heavy atom. The van der Waals surface area contributed by atoms with Gasteiger partial charge in [-0.05, 0) is 75.6 Å². The monoisotopic (exact) mass is 533 g/mol. The molecule has 0 amide bonds. The van der Waals surface area contributed by atoms with Crippen molar-refractivity contribution < 1.29 is 19.0 Å². The smallest absolute Gasteiger partial charge is 0.338 e. The van der Waals surface area contributed by atoms with Crippen molar-refractivity contribution in [1.29, 1.82) is 0 Å². The SMILES string of the molecule is COC(=O)c1ccc2c(c1C)N[C@H](c1cc(Br)c(OCc3ccccc3)c(OC)c1)[C@@H]1CC=C[C@H]21. The number of anilines is 1. The van der Waals surface area contributed by atoms with Gasteiger partial charge in [0.2, 0.25) is 0 Å². The van der Waals surface area contributed by atoms with E-state index in [4.69, 9.17) is 14.2 Å². The topological polar surface area (TPSA) is 56.8 Å². The van der Waals surface area contributed by atoms with Gasteiger partial charge >= 0.3 is 5.97 Å². The van der Waals surface area contributed by atoms with Crippen LogP contribution in [0.3, 0.4) is 0 Å². The van der Waals surface area contributed by atoms with Gasteiger partial charge < -0.3 is 19.5 Å². The molecule has 1 aliphatic carbocycles. The largest absolute Gasteiger partial charge is 0.493 e. The number of benzene rings is 3. The Morgan fingerprint density at radius 1 is 1.11 bits per heavy atom. The molecule has 0 saturated heterocycles. The summed E-state index contributed by atoms with van der Waals surface area (Å²) in [7, 11) is 3.08. The van der Waals surface area contributed by atoms with Gasteiger partial charge in [-0.25, -0.2) is 4.79 Å². The van der Waals surface area contributed by atoms with Gasteiger partial charge in [-0.15, -0.1) is 0 Å². The fraction of sp³-hybridized carbons (Fsp3) is 0.276. The Balaban J connectivity index is 1.50. The summed E-state index contributed by atoms with van der Waals surface area (Å²) in [6, 6.07) is 18.2. The Hall–Kier alpha value is -3.25. The zero-order valence-corrected chi connectivity index (χ0v) is 21.6. The molecule has 3 aromatic carbocycles. The minimum Gasteiger partial charge on any atom is -0.493 e. The number of halogens is 1. The van der Waals surface area contributed by atoms with Crippen molar-refractivity contribution in [2.45, 2.75) is 31.9 Å². The van der Waals surface area contributed by atoms with Crippen LogP contribution in [0, 0.1) is 12.8 Å². The zero-order chi connectivity index (χ0) is 24.5. The third kappa shape index (κ3) is 4.31. The van der Waals surface area contributed by atoms with E-state index in [1.165, 1.54) is 12.7 Å². The van der Waals surface area contributed by atoms with Crippen LogP contribution in [0.5, 0.6) is 11.5 Å². The maximum atomic E-state index is 12.3. The van der Waals surface area contributed by atoms with Crippen LogP contribution in [-0.2, 0) is 11.3 Å². The van der Waals surface area contributed by atoms with Gasteiger partial charge in [-0.1, -0.05) is 48.6 Å². The van der Waals surface area contributed by atoms with E-state index in [2.05, 4.69) is 51.6 Å². The van der Waals surface area contributed by atoms with Crippen LogP contribution in [0.4, 0.5) is 5.69 Å². The summed E-state index contributed by atoms with van der Waals surface area (Å²) in [6.45, 7) is 2.43. The van der Waals surface area contributed by atoms with Crippen molar-refractivity contribution in [3.63, 3.8) is 0 Å². The average molecular weight is 534 g/mol. The normalized spacial score (nSPS) is 19.9. The Labute approximate surface area is 214 Å². The Kier molecular flexibility index (Phi) is 6.56. The van der Waals surface area contributed by atoms with E-state index in [1.807, 2.05) is 43.3 Å². The highest BCUT2D eigenvalue weighted by molar-refractivity contribution is 9.10. The number of carbonyl (C=O) groups excluding carboxylic acids is 1. The summed E-state index contributed by atoms with van der Waals surface area (Å²) < 4.78 is 17.8. The first-order chi connectivity index (χ1) is 17.0. The third-order valence-corrected chi connectivity index (χ3v) is 7.63. The van der Waals surface area contributed by atoms with Crippen molar-refractivity contribution in [2.75, 3.05) is 19.5 Å². The van der Waals surface area contributed by atoms with Gasteiger partial charge in [0, 0.05) is 11.6 Å². The quantitative estimate of drug-likeness (QED) is 0.274. The molecule has 0 unspecified atom stereocenters. The molecule has 3 atom stereocenters. The van der Waals surface area contributed by atoms with E-state index in [0.29, 0.717) is 29.6 Å². The summed E-state index contributed by atoms with van der Waals surface area (Å²) in [6.07, 6.45) is 5.52. The van der Waals surface area contributed by atoms with E-state index in [0.717, 1.165) is 33.3 Å². The number of carbonyl (C=O) groups is 1. The molecule has 5 rings (SSSR count). The second-order valence-corrected chi connectivity index (χ2v) is 9.83. The molecule has 3 aromatic rings. The van der Waals surface area contributed by atoms with Gasteiger partial charge in [0.15, 0.2) is 11.5 Å². The molecule has 180 valence electrons. The lowest BCUT2D eigenvalue weighted by Crippen LogP contribution is -2.30. The van der Waals surface area contributed by atoms with Crippen LogP contribution in [0.15, 0.2) is 71.2 Å². The minimum atomic E-state index is -0.322. The van der Waals surface area contributed by atoms with E-state index in [-0.39, 0.29) is 17.9 Å². The molecular weight excluding hydrogens is 506 g/mol. The predicted octanol–water partition coefficient (Wildman–Crippen LogP) is 6.96. The van der Waals surface area contributed by atoms with Crippen molar-refractivity contribution in [3.05, 3.63) is 99.0 Å². The molecule has 35 heavy (non-hydrogen) atoms. The molecule has 0 bridgehead atoms.